The highest BCUT2D eigenvalue weighted by atomic mass is 15.2. The Hall–Kier alpha value is -0.860. The standard InChI is InChI=1S/C6H6.2C2H6.CH6N2/c1-2-4-6-5-3-1;2*1-2;1-3-2/h1-6H;2*1-2H3;3H,2H2,1H3. The molecule has 0 aliphatic heterocycles. The summed E-state index contributed by atoms with van der Waals surface area (Å²) in [5, 5.41) is 0. The molecule has 0 saturated carbocycles. The van der Waals surface area contributed by atoms with Crippen LogP contribution in [0.2, 0.25) is 0 Å². The van der Waals surface area contributed by atoms with E-state index in [1.54, 1.807) is 7.05 Å². The maximum Gasteiger partial charge on any atom is -0.00172 e. The van der Waals surface area contributed by atoms with Gasteiger partial charge in [-0.1, -0.05) is 64.1 Å². The molecule has 0 heterocycles. The Morgan fingerprint density at radius 3 is 0.846 bits per heavy atom. The Morgan fingerprint density at radius 1 is 0.692 bits per heavy atom. The minimum absolute atomic E-state index is 1.65. The van der Waals surface area contributed by atoms with E-state index in [9.17, 15) is 0 Å². The lowest BCUT2D eigenvalue weighted by molar-refractivity contribution is 0.900. The van der Waals surface area contributed by atoms with Crippen molar-refractivity contribution in [3.05, 3.63) is 36.4 Å². The maximum atomic E-state index is 4.60. The van der Waals surface area contributed by atoms with Crippen molar-refractivity contribution in [2.24, 2.45) is 5.84 Å². The van der Waals surface area contributed by atoms with Crippen LogP contribution in [0.5, 0.6) is 0 Å². The van der Waals surface area contributed by atoms with Gasteiger partial charge in [0.05, 0.1) is 0 Å². The van der Waals surface area contributed by atoms with E-state index in [0.29, 0.717) is 0 Å². The number of nitrogens with two attached hydrogens (primary N) is 1. The molecule has 3 N–H and O–H groups in total. The van der Waals surface area contributed by atoms with Gasteiger partial charge in [0.2, 0.25) is 0 Å². The fraction of sp³-hybridized carbons (Fsp3) is 0.455. The highest BCUT2D eigenvalue weighted by molar-refractivity contribution is 4.99. The Labute approximate surface area is 83.1 Å². The first-order valence-corrected chi connectivity index (χ1v) is 4.79. The second kappa shape index (κ2) is 30.4. The predicted molar refractivity (Wildman–Crippen MR) is 62.4 cm³/mol. The topological polar surface area (TPSA) is 38.0 Å². The maximum absolute atomic E-state index is 4.60. The van der Waals surface area contributed by atoms with Crippen molar-refractivity contribution >= 4 is 0 Å². The summed E-state index contributed by atoms with van der Waals surface area (Å²) >= 11 is 0. The molecule has 2 nitrogen and oxygen atoms in total. The molecule has 1 rings (SSSR count). The smallest absolute Gasteiger partial charge is 0.00172 e. The Bertz CT molecular complexity index is 90.9. The van der Waals surface area contributed by atoms with Crippen molar-refractivity contribution < 1.29 is 0 Å². The van der Waals surface area contributed by atoms with E-state index in [1.807, 2.05) is 64.1 Å². The molecular weight excluding hydrogens is 160 g/mol. The third-order valence-corrected chi connectivity index (χ3v) is 0.667. The molecule has 0 saturated heterocycles. The lowest BCUT2D eigenvalue weighted by Gasteiger charge is -1.69. The summed E-state index contributed by atoms with van der Waals surface area (Å²) < 4.78 is 0. The van der Waals surface area contributed by atoms with Gasteiger partial charge in [0.1, 0.15) is 0 Å². The largest absolute Gasteiger partial charge is 0.272 e. The molecule has 0 aliphatic rings. The summed E-state index contributed by atoms with van der Waals surface area (Å²) in [4.78, 5) is 0. The van der Waals surface area contributed by atoms with Crippen LogP contribution in [0.25, 0.3) is 0 Å². The van der Waals surface area contributed by atoms with Crippen LogP contribution in [0, 0.1) is 0 Å². The van der Waals surface area contributed by atoms with Crippen molar-refractivity contribution in [3.8, 4) is 0 Å². The lowest BCUT2D eigenvalue weighted by Crippen LogP contribution is -2.13. The normalized spacial score (nSPS) is 6.00. The molecule has 0 atom stereocenters. The van der Waals surface area contributed by atoms with Gasteiger partial charge in [-0.25, -0.2) is 0 Å². The second-order valence-electron chi connectivity index (χ2n) is 1.44. The van der Waals surface area contributed by atoms with E-state index in [0.717, 1.165) is 0 Å². The van der Waals surface area contributed by atoms with Crippen molar-refractivity contribution in [1.29, 1.82) is 0 Å². The van der Waals surface area contributed by atoms with Crippen LogP contribution in [0.1, 0.15) is 27.7 Å². The molecule has 0 unspecified atom stereocenters. The zero-order valence-electron chi connectivity index (χ0n) is 9.54. The van der Waals surface area contributed by atoms with Gasteiger partial charge >= 0.3 is 0 Å². The molecule has 13 heavy (non-hydrogen) atoms. The highest BCUT2D eigenvalue weighted by Crippen LogP contribution is 1.79. The summed E-state index contributed by atoms with van der Waals surface area (Å²) in [7, 11) is 1.65. The van der Waals surface area contributed by atoms with Crippen LogP contribution in [-0.2, 0) is 0 Å². The molecule has 2 heteroatoms. The van der Waals surface area contributed by atoms with Crippen LogP contribution in [0.4, 0.5) is 0 Å². The molecule has 0 spiro atoms. The van der Waals surface area contributed by atoms with Gasteiger partial charge in [0.15, 0.2) is 0 Å². The van der Waals surface area contributed by atoms with Gasteiger partial charge in [0, 0.05) is 0 Å². The number of hydrazine groups is 1. The van der Waals surface area contributed by atoms with Gasteiger partial charge in [-0.2, -0.15) is 0 Å². The first-order chi connectivity index (χ1) is 6.41. The van der Waals surface area contributed by atoms with Gasteiger partial charge in [0.25, 0.3) is 0 Å². The number of hydrogen-bond acceptors (Lipinski definition) is 2. The molecule has 1 aromatic carbocycles. The average Bonchev–Trinajstić information content (AvgIpc) is 2.27. The van der Waals surface area contributed by atoms with E-state index in [1.165, 1.54) is 0 Å². The zero-order valence-corrected chi connectivity index (χ0v) is 9.54. The first-order valence-electron chi connectivity index (χ1n) is 4.79. The summed E-state index contributed by atoms with van der Waals surface area (Å²) in [6.07, 6.45) is 0. The van der Waals surface area contributed by atoms with E-state index in [2.05, 4.69) is 11.3 Å². The molecule has 1 aromatic rings. The zero-order chi connectivity index (χ0) is 10.9. The van der Waals surface area contributed by atoms with Gasteiger partial charge in [-0.3, -0.25) is 11.3 Å². The fourth-order valence-electron chi connectivity index (χ4n) is 0.385. The lowest BCUT2D eigenvalue weighted by atomic mass is 10.4. The van der Waals surface area contributed by atoms with Crippen molar-refractivity contribution in [3.63, 3.8) is 0 Å². The molecule has 0 fully saturated rings. The van der Waals surface area contributed by atoms with Crippen LogP contribution >= 0.6 is 0 Å². The van der Waals surface area contributed by atoms with E-state index >= 15 is 0 Å². The highest BCUT2D eigenvalue weighted by Gasteiger charge is 1.57. The molecule has 0 aromatic heterocycles. The van der Waals surface area contributed by atoms with Gasteiger partial charge in [-0.05, 0) is 7.05 Å². The van der Waals surface area contributed by atoms with E-state index in [-0.39, 0.29) is 0 Å². The molecule has 0 bridgehead atoms. The molecule has 0 aliphatic carbocycles. The summed E-state index contributed by atoms with van der Waals surface area (Å²) in [5.74, 6) is 4.60. The quantitative estimate of drug-likeness (QED) is 0.480. The number of nitrogens with one attached hydrogen (secondary N) is 1. The second-order valence-corrected chi connectivity index (χ2v) is 1.44. The molecular formula is C11H24N2. The SMILES string of the molecule is CC.CC.CNN.c1ccccc1. The minimum Gasteiger partial charge on any atom is -0.272 e. The Kier molecular flexibility index (Phi) is 42.1. The van der Waals surface area contributed by atoms with E-state index in [4.69, 9.17) is 0 Å². The summed E-state index contributed by atoms with van der Waals surface area (Å²) in [6, 6.07) is 12.0. The third kappa shape index (κ3) is 35.2. The molecule has 0 amide bonds. The van der Waals surface area contributed by atoms with Crippen LogP contribution in [-0.4, -0.2) is 7.05 Å². The number of benzene rings is 1. The Balaban J connectivity index is -0.000000124. The van der Waals surface area contributed by atoms with Crippen LogP contribution in [0.3, 0.4) is 0 Å². The average molecular weight is 184 g/mol. The number of rotatable bonds is 0. The fourth-order valence-corrected chi connectivity index (χ4v) is 0.385. The summed E-state index contributed by atoms with van der Waals surface area (Å²) in [5.41, 5.74) is 2.25. The van der Waals surface area contributed by atoms with Crippen molar-refractivity contribution in [2.75, 3.05) is 7.05 Å². The first kappa shape index (κ1) is 18.0. The third-order valence-electron chi connectivity index (χ3n) is 0.667. The molecule has 78 valence electrons. The van der Waals surface area contributed by atoms with Gasteiger partial charge in [-0.15, -0.1) is 0 Å². The van der Waals surface area contributed by atoms with Crippen molar-refractivity contribution in [2.45, 2.75) is 27.7 Å². The summed E-state index contributed by atoms with van der Waals surface area (Å²) in [6.45, 7) is 8.00. The van der Waals surface area contributed by atoms with Crippen LogP contribution < -0.4 is 11.3 Å². The monoisotopic (exact) mass is 184 g/mol. The minimum atomic E-state index is 1.65. The van der Waals surface area contributed by atoms with Crippen molar-refractivity contribution in [1.82, 2.24) is 5.43 Å². The predicted octanol–water partition coefficient (Wildman–Crippen LogP) is 2.82. The number of hydrogen-bond donors (Lipinski definition) is 2. The van der Waals surface area contributed by atoms with Gasteiger partial charge < -0.3 is 0 Å². The Morgan fingerprint density at radius 2 is 0.769 bits per heavy atom. The molecule has 0 radical (unpaired) electrons. The van der Waals surface area contributed by atoms with Crippen LogP contribution in [0.15, 0.2) is 36.4 Å². The van der Waals surface area contributed by atoms with E-state index < -0.39 is 0 Å².